The summed E-state index contributed by atoms with van der Waals surface area (Å²) in [5, 5.41) is 8.92. The maximum atomic E-state index is 11.8. The van der Waals surface area contributed by atoms with Crippen LogP contribution in [-0.4, -0.2) is 35.2 Å². The molecule has 2 heterocycles. The fraction of sp³-hybridized carbons (Fsp3) is 0.0952. The van der Waals surface area contributed by atoms with Gasteiger partial charge in [0.25, 0.3) is 5.91 Å². The molecule has 1 aromatic carbocycles. The molecule has 0 fully saturated rings. The number of anilines is 1. The Morgan fingerprint density at radius 3 is 2.44 bits per heavy atom. The van der Waals surface area contributed by atoms with E-state index in [0.29, 0.717) is 17.1 Å². The molecule has 3 rings (SSSR count). The molecular weight excluding hydrogens is 340 g/mol. The van der Waals surface area contributed by atoms with Gasteiger partial charge in [-0.05, 0) is 36.4 Å². The van der Waals surface area contributed by atoms with Gasteiger partial charge in [-0.3, -0.25) is 15.0 Å². The molecule has 1 amide bonds. The largest absolute Gasteiger partial charge is 0.363 e. The van der Waals surface area contributed by atoms with Gasteiger partial charge in [0.1, 0.15) is 5.82 Å². The first kappa shape index (κ1) is 18.1. The quantitative estimate of drug-likeness (QED) is 0.428. The van der Waals surface area contributed by atoms with Crippen LogP contribution in [0.4, 0.5) is 5.82 Å². The molecule has 3 aromatic rings. The van der Waals surface area contributed by atoms with Crippen molar-refractivity contribution in [2.24, 2.45) is 0 Å². The van der Waals surface area contributed by atoms with E-state index in [4.69, 9.17) is 5.21 Å². The summed E-state index contributed by atoms with van der Waals surface area (Å²) in [7, 11) is 3.67. The molecule has 0 aliphatic carbocycles. The number of nitrogens with one attached hydrogen (secondary N) is 1. The Kier molecular flexibility index (Phi) is 5.45. The highest BCUT2D eigenvalue weighted by Gasteiger charge is 2.11. The number of rotatable bonds is 3. The zero-order chi connectivity index (χ0) is 19.2. The SMILES string of the molecule is CN(C)c1cc(C(=O)NO)cc(-c2ccc(C#Cc3cccnc3)cc2)n1. The molecule has 0 saturated carbocycles. The monoisotopic (exact) mass is 358 g/mol. The molecule has 6 heteroatoms. The van der Waals surface area contributed by atoms with E-state index < -0.39 is 5.91 Å². The third-order valence-corrected chi connectivity index (χ3v) is 3.83. The first-order valence-corrected chi connectivity index (χ1v) is 8.23. The van der Waals surface area contributed by atoms with Gasteiger partial charge in [0, 0.05) is 48.7 Å². The van der Waals surface area contributed by atoms with Gasteiger partial charge in [0.05, 0.1) is 5.69 Å². The van der Waals surface area contributed by atoms with Crippen molar-refractivity contribution in [2.75, 3.05) is 19.0 Å². The van der Waals surface area contributed by atoms with Crippen molar-refractivity contribution >= 4 is 11.7 Å². The number of carbonyl (C=O) groups excluding carboxylic acids is 1. The number of carbonyl (C=O) groups is 1. The van der Waals surface area contributed by atoms with Crippen molar-refractivity contribution in [1.82, 2.24) is 15.4 Å². The van der Waals surface area contributed by atoms with E-state index in [-0.39, 0.29) is 0 Å². The molecule has 0 radical (unpaired) electrons. The smallest absolute Gasteiger partial charge is 0.274 e. The minimum atomic E-state index is -0.583. The van der Waals surface area contributed by atoms with Gasteiger partial charge in [0.2, 0.25) is 0 Å². The minimum Gasteiger partial charge on any atom is -0.363 e. The number of aromatic nitrogens is 2. The zero-order valence-electron chi connectivity index (χ0n) is 15.0. The van der Waals surface area contributed by atoms with E-state index in [0.717, 1.165) is 16.7 Å². The molecule has 27 heavy (non-hydrogen) atoms. The Hall–Kier alpha value is -3.69. The predicted molar refractivity (Wildman–Crippen MR) is 103 cm³/mol. The van der Waals surface area contributed by atoms with Crippen molar-refractivity contribution in [3.8, 4) is 23.1 Å². The number of pyridine rings is 2. The Morgan fingerprint density at radius 2 is 1.81 bits per heavy atom. The number of benzene rings is 1. The van der Waals surface area contributed by atoms with Crippen LogP contribution in [0.2, 0.25) is 0 Å². The lowest BCUT2D eigenvalue weighted by atomic mass is 10.1. The fourth-order valence-corrected chi connectivity index (χ4v) is 2.39. The Balaban J connectivity index is 1.92. The van der Waals surface area contributed by atoms with Gasteiger partial charge in [-0.25, -0.2) is 10.5 Å². The van der Waals surface area contributed by atoms with Crippen LogP contribution in [0, 0.1) is 11.8 Å². The van der Waals surface area contributed by atoms with E-state index >= 15 is 0 Å². The molecule has 6 nitrogen and oxygen atoms in total. The summed E-state index contributed by atoms with van der Waals surface area (Å²) in [4.78, 5) is 22.2. The molecule has 0 aliphatic rings. The van der Waals surface area contributed by atoms with Crippen LogP contribution < -0.4 is 10.4 Å². The van der Waals surface area contributed by atoms with Crippen LogP contribution in [0.15, 0.2) is 60.9 Å². The molecule has 0 atom stereocenters. The molecule has 134 valence electrons. The average Bonchev–Trinajstić information content (AvgIpc) is 2.72. The summed E-state index contributed by atoms with van der Waals surface area (Å²) < 4.78 is 0. The summed E-state index contributed by atoms with van der Waals surface area (Å²) in [6, 6.07) is 14.6. The molecule has 0 unspecified atom stereocenters. The molecular formula is C21H18N4O2. The average molecular weight is 358 g/mol. The van der Waals surface area contributed by atoms with Gasteiger partial charge in [-0.1, -0.05) is 24.0 Å². The molecule has 2 aromatic heterocycles. The number of nitrogens with zero attached hydrogens (tertiary/aromatic N) is 3. The second kappa shape index (κ2) is 8.13. The lowest BCUT2D eigenvalue weighted by Gasteiger charge is -2.14. The third-order valence-electron chi connectivity index (χ3n) is 3.83. The number of amides is 1. The number of hydrogen-bond donors (Lipinski definition) is 2. The van der Waals surface area contributed by atoms with E-state index in [1.807, 2.05) is 50.5 Å². The van der Waals surface area contributed by atoms with Crippen LogP contribution in [0.3, 0.4) is 0 Å². The maximum Gasteiger partial charge on any atom is 0.274 e. The molecule has 0 aliphatic heterocycles. The van der Waals surface area contributed by atoms with E-state index in [1.165, 1.54) is 0 Å². The van der Waals surface area contributed by atoms with Crippen molar-refractivity contribution in [2.45, 2.75) is 0 Å². The zero-order valence-corrected chi connectivity index (χ0v) is 15.0. The lowest BCUT2D eigenvalue weighted by Crippen LogP contribution is -2.20. The van der Waals surface area contributed by atoms with Crippen molar-refractivity contribution in [3.63, 3.8) is 0 Å². The van der Waals surface area contributed by atoms with Gasteiger partial charge >= 0.3 is 0 Å². The van der Waals surface area contributed by atoms with Crippen molar-refractivity contribution in [3.05, 3.63) is 77.6 Å². The first-order chi connectivity index (χ1) is 13.1. The second-order valence-electron chi connectivity index (χ2n) is 6.00. The molecule has 0 bridgehead atoms. The lowest BCUT2D eigenvalue weighted by molar-refractivity contribution is 0.0706. The summed E-state index contributed by atoms with van der Waals surface area (Å²) >= 11 is 0. The first-order valence-electron chi connectivity index (χ1n) is 8.23. The third kappa shape index (κ3) is 4.48. The van der Waals surface area contributed by atoms with E-state index in [2.05, 4.69) is 21.8 Å². The van der Waals surface area contributed by atoms with Gasteiger partial charge in [0.15, 0.2) is 0 Å². The highest BCUT2D eigenvalue weighted by atomic mass is 16.5. The Labute approximate surface area is 157 Å². The Bertz CT molecular complexity index is 1000. The van der Waals surface area contributed by atoms with Crippen molar-refractivity contribution in [1.29, 1.82) is 0 Å². The van der Waals surface area contributed by atoms with Gasteiger partial charge < -0.3 is 4.90 Å². The van der Waals surface area contributed by atoms with Crippen LogP contribution in [-0.2, 0) is 0 Å². The molecule has 0 spiro atoms. The molecule has 2 N–H and O–H groups in total. The summed E-state index contributed by atoms with van der Waals surface area (Å²) in [5.74, 6) is 6.19. The van der Waals surface area contributed by atoms with Crippen LogP contribution in [0.25, 0.3) is 11.3 Å². The van der Waals surface area contributed by atoms with Crippen LogP contribution in [0.5, 0.6) is 0 Å². The normalized spacial score (nSPS) is 9.89. The topological polar surface area (TPSA) is 78.4 Å². The van der Waals surface area contributed by atoms with Gasteiger partial charge in [-0.15, -0.1) is 0 Å². The molecule has 0 saturated heterocycles. The second-order valence-corrected chi connectivity index (χ2v) is 6.00. The minimum absolute atomic E-state index is 0.326. The summed E-state index contributed by atoms with van der Waals surface area (Å²) in [5.41, 5.74) is 5.17. The number of hydrogen-bond acceptors (Lipinski definition) is 5. The van der Waals surface area contributed by atoms with Gasteiger partial charge in [-0.2, -0.15) is 0 Å². The van der Waals surface area contributed by atoms with Crippen LogP contribution in [0.1, 0.15) is 21.5 Å². The highest BCUT2D eigenvalue weighted by molar-refractivity contribution is 5.95. The van der Waals surface area contributed by atoms with Crippen molar-refractivity contribution < 1.29 is 10.0 Å². The fourth-order valence-electron chi connectivity index (χ4n) is 2.39. The highest BCUT2D eigenvalue weighted by Crippen LogP contribution is 2.23. The summed E-state index contributed by atoms with van der Waals surface area (Å²) in [6.07, 6.45) is 3.42. The number of hydroxylamine groups is 1. The van der Waals surface area contributed by atoms with E-state index in [9.17, 15) is 4.79 Å². The standard InChI is InChI=1S/C21H18N4O2/c1-25(2)20-13-18(21(26)24-27)12-19(23-20)17-9-7-15(8-10-17)5-6-16-4-3-11-22-14-16/h3-4,7-14,27H,1-2H3,(H,24,26). The van der Waals surface area contributed by atoms with E-state index in [1.54, 1.807) is 34.9 Å². The predicted octanol–water partition coefficient (Wildman–Crippen LogP) is 2.73. The van der Waals surface area contributed by atoms with Crippen LogP contribution >= 0.6 is 0 Å². The Morgan fingerprint density at radius 1 is 1.07 bits per heavy atom. The summed E-state index contributed by atoms with van der Waals surface area (Å²) in [6.45, 7) is 0. The maximum absolute atomic E-state index is 11.8.